The third-order valence-corrected chi connectivity index (χ3v) is 2.93. The molecule has 0 saturated carbocycles. The first-order chi connectivity index (χ1) is 9.43. The second kappa shape index (κ2) is 4.42. The fourth-order valence-corrected chi connectivity index (χ4v) is 1.99. The lowest BCUT2D eigenvalue weighted by molar-refractivity contribution is -0.286. The van der Waals surface area contributed by atoms with Crippen molar-refractivity contribution in [2.45, 2.75) is 6.29 Å². The van der Waals surface area contributed by atoms with Gasteiger partial charge in [0, 0.05) is 16.8 Å². The molecule has 0 bridgehead atoms. The maximum Gasteiger partial charge on any atom is 0.586 e. The zero-order valence-corrected chi connectivity index (χ0v) is 10.7. The lowest BCUT2D eigenvalue weighted by Crippen LogP contribution is -2.25. The Morgan fingerprint density at radius 2 is 1.80 bits per heavy atom. The summed E-state index contributed by atoms with van der Waals surface area (Å²) in [5.74, 6) is -0.0554. The highest BCUT2D eigenvalue weighted by Gasteiger charge is 2.43. The molecule has 0 spiro atoms. The first-order valence-electron chi connectivity index (χ1n) is 5.65. The van der Waals surface area contributed by atoms with Gasteiger partial charge in [0.2, 0.25) is 0 Å². The van der Waals surface area contributed by atoms with Gasteiger partial charge in [0.05, 0.1) is 11.4 Å². The van der Waals surface area contributed by atoms with E-state index in [4.69, 9.17) is 17.3 Å². The molecule has 7 heteroatoms. The highest BCUT2D eigenvalue weighted by atomic mass is 35.5. The SMILES string of the molecule is Nc1ccc(Cl)cc1Nc1ccc2c(c1)OC(F)(F)O2. The van der Waals surface area contributed by atoms with Crippen molar-refractivity contribution in [1.29, 1.82) is 0 Å². The molecular formula is C13H9ClF2N2O2. The van der Waals surface area contributed by atoms with Crippen molar-refractivity contribution in [3.8, 4) is 11.5 Å². The van der Waals surface area contributed by atoms with Gasteiger partial charge < -0.3 is 20.5 Å². The van der Waals surface area contributed by atoms with Gasteiger partial charge in [0.1, 0.15) is 0 Å². The number of nitrogens with one attached hydrogen (secondary N) is 1. The van der Waals surface area contributed by atoms with Crippen LogP contribution in [0.3, 0.4) is 0 Å². The summed E-state index contributed by atoms with van der Waals surface area (Å²) >= 11 is 5.87. The van der Waals surface area contributed by atoms with E-state index >= 15 is 0 Å². The minimum absolute atomic E-state index is 0.0142. The molecule has 3 N–H and O–H groups in total. The lowest BCUT2D eigenvalue weighted by Gasteiger charge is -2.10. The van der Waals surface area contributed by atoms with Crippen LogP contribution in [0.4, 0.5) is 25.8 Å². The van der Waals surface area contributed by atoms with E-state index in [0.717, 1.165) is 0 Å². The zero-order valence-electron chi connectivity index (χ0n) is 9.99. The van der Waals surface area contributed by atoms with Crippen LogP contribution >= 0.6 is 11.6 Å². The number of rotatable bonds is 2. The first-order valence-corrected chi connectivity index (χ1v) is 6.03. The molecule has 2 aromatic rings. The number of halogens is 3. The van der Waals surface area contributed by atoms with Gasteiger partial charge in [-0.15, -0.1) is 8.78 Å². The smallest absolute Gasteiger partial charge is 0.397 e. The predicted molar refractivity (Wildman–Crippen MR) is 71.8 cm³/mol. The molecular weight excluding hydrogens is 290 g/mol. The van der Waals surface area contributed by atoms with Crippen molar-refractivity contribution in [3.63, 3.8) is 0 Å². The van der Waals surface area contributed by atoms with E-state index in [1.54, 1.807) is 24.3 Å². The van der Waals surface area contributed by atoms with E-state index in [1.807, 2.05) is 0 Å². The largest absolute Gasteiger partial charge is 0.586 e. The monoisotopic (exact) mass is 298 g/mol. The molecule has 0 atom stereocenters. The van der Waals surface area contributed by atoms with Crippen molar-refractivity contribution in [3.05, 3.63) is 41.4 Å². The van der Waals surface area contributed by atoms with Gasteiger partial charge in [-0.3, -0.25) is 0 Å². The van der Waals surface area contributed by atoms with Gasteiger partial charge in [-0.2, -0.15) is 0 Å². The van der Waals surface area contributed by atoms with Crippen LogP contribution in [0.2, 0.25) is 5.02 Å². The molecule has 1 heterocycles. The van der Waals surface area contributed by atoms with Crippen molar-refractivity contribution in [2.24, 2.45) is 0 Å². The number of nitrogen functional groups attached to an aromatic ring is 1. The van der Waals surface area contributed by atoms with E-state index in [9.17, 15) is 8.78 Å². The molecule has 0 aliphatic carbocycles. The Bertz CT molecular complexity index is 679. The number of hydrogen-bond acceptors (Lipinski definition) is 4. The van der Waals surface area contributed by atoms with Crippen molar-refractivity contribution < 1.29 is 18.3 Å². The van der Waals surface area contributed by atoms with Gasteiger partial charge in [-0.25, -0.2) is 0 Å². The van der Waals surface area contributed by atoms with Crippen LogP contribution in [0.15, 0.2) is 36.4 Å². The third kappa shape index (κ3) is 2.42. The van der Waals surface area contributed by atoms with Crippen LogP contribution in [-0.4, -0.2) is 6.29 Å². The van der Waals surface area contributed by atoms with Gasteiger partial charge in [0.15, 0.2) is 11.5 Å². The number of benzene rings is 2. The average molecular weight is 299 g/mol. The highest BCUT2D eigenvalue weighted by molar-refractivity contribution is 6.31. The molecule has 0 unspecified atom stereocenters. The number of hydrogen-bond donors (Lipinski definition) is 2. The number of fused-ring (bicyclic) bond motifs is 1. The van der Waals surface area contributed by atoms with Crippen LogP contribution in [0.1, 0.15) is 0 Å². The molecule has 0 saturated heterocycles. The third-order valence-electron chi connectivity index (χ3n) is 2.70. The summed E-state index contributed by atoms with van der Waals surface area (Å²) in [6.45, 7) is 0. The standard InChI is InChI=1S/C13H9ClF2N2O2/c14-7-1-3-9(17)10(5-7)18-8-2-4-11-12(6-8)20-13(15,16)19-11/h1-6,18H,17H2. The van der Waals surface area contributed by atoms with Crippen molar-refractivity contribution >= 4 is 28.7 Å². The topological polar surface area (TPSA) is 56.5 Å². The quantitative estimate of drug-likeness (QED) is 0.823. The summed E-state index contributed by atoms with van der Waals surface area (Å²) in [6.07, 6.45) is -3.63. The van der Waals surface area contributed by atoms with Gasteiger partial charge in [-0.1, -0.05) is 11.6 Å². The molecule has 4 nitrogen and oxygen atoms in total. The summed E-state index contributed by atoms with van der Waals surface area (Å²) in [5, 5.41) is 3.49. The Kier molecular flexibility index (Phi) is 2.83. The van der Waals surface area contributed by atoms with Crippen LogP contribution in [0.25, 0.3) is 0 Å². The Morgan fingerprint density at radius 3 is 2.60 bits per heavy atom. The van der Waals surface area contributed by atoms with Crippen LogP contribution in [-0.2, 0) is 0 Å². The minimum Gasteiger partial charge on any atom is -0.397 e. The normalized spacial score (nSPS) is 15.2. The minimum atomic E-state index is -3.63. The average Bonchev–Trinajstić information content (AvgIpc) is 2.67. The van der Waals surface area contributed by atoms with E-state index in [0.29, 0.717) is 22.1 Å². The molecule has 104 valence electrons. The predicted octanol–water partition coefficient (Wildman–Crippen LogP) is 3.99. The van der Waals surface area contributed by atoms with E-state index in [-0.39, 0.29) is 11.5 Å². The van der Waals surface area contributed by atoms with E-state index < -0.39 is 6.29 Å². The second-order valence-electron chi connectivity index (χ2n) is 4.19. The molecule has 0 radical (unpaired) electrons. The zero-order chi connectivity index (χ0) is 14.3. The molecule has 3 rings (SSSR count). The van der Waals surface area contributed by atoms with Gasteiger partial charge in [-0.05, 0) is 30.3 Å². The summed E-state index contributed by atoms with van der Waals surface area (Å²) in [6, 6.07) is 9.30. The summed E-state index contributed by atoms with van der Waals surface area (Å²) in [7, 11) is 0. The maximum atomic E-state index is 12.9. The molecule has 1 aliphatic heterocycles. The fraction of sp³-hybridized carbons (Fsp3) is 0.0769. The number of ether oxygens (including phenoxy) is 2. The van der Waals surface area contributed by atoms with Crippen molar-refractivity contribution in [2.75, 3.05) is 11.1 Å². The highest BCUT2D eigenvalue weighted by Crippen LogP contribution is 2.42. The Hall–Kier alpha value is -2.21. The maximum absolute atomic E-state index is 12.9. The molecule has 20 heavy (non-hydrogen) atoms. The van der Waals surface area contributed by atoms with Gasteiger partial charge >= 0.3 is 6.29 Å². The van der Waals surface area contributed by atoms with Crippen LogP contribution in [0.5, 0.6) is 11.5 Å². The molecule has 0 amide bonds. The Balaban J connectivity index is 1.88. The molecule has 0 fully saturated rings. The van der Waals surface area contributed by atoms with Crippen molar-refractivity contribution in [1.82, 2.24) is 0 Å². The summed E-state index contributed by atoms with van der Waals surface area (Å²) in [4.78, 5) is 0. The first kappa shape index (κ1) is 12.8. The molecule has 2 aromatic carbocycles. The van der Waals surface area contributed by atoms with Gasteiger partial charge in [0.25, 0.3) is 0 Å². The second-order valence-corrected chi connectivity index (χ2v) is 4.62. The number of nitrogens with two attached hydrogens (primary N) is 1. The molecule has 1 aliphatic rings. The van der Waals surface area contributed by atoms with Crippen LogP contribution in [0, 0.1) is 0 Å². The summed E-state index contributed by atoms with van der Waals surface area (Å²) < 4.78 is 34.5. The summed E-state index contributed by atoms with van der Waals surface area (Å²) in [5.41, 5.74) is 7.38. The Morgan fingerprint density at radius 1 is 1.05 bits per heavy atom. The number of anilines is 3. The van der Waals surface area contributed by atoms with E-state index in [2.05, 4.69) is 14.8 Å². The van der Waals surface area contributed by atoms with Crippen LogP contribution < -0.4 is 20.5 Å². The Labute approximate surface area is 118 Å². The van der Waals surface area contributed by atoms with E-state index in [1.165, 1.54) is 12.1 Å². The fourth-order valence-electron chi connectivity index (χ4n) is 1.82. The molecule has 0 aromatic heterocycles. The number of alkyl halides is 2. The lowest BCUT2D eigenvalue weighted by atomic mass is 10.2.